The third-order valence-electron chi connectivity index (χ3n) is 6.72. The molecule has 1 aliphatic rings. The molecule has 0 spiro atoms. The number of carbonyl (C=O) groups is 2. The van der Waals surface area contributed by atoms with Crippen LogP contribution in [0.1, 0.15) is 24.9 Å². The van der Waals surface area contributed by atoms with Crippen LogP contribution in [0.3, 0.4) is 0 Å². The van der Waals surface area contributed by atoms with Crippen molar-refractivity contribution in [2.45, 2.75) is 30.3 Å². The van der Waals surface area contributed by atoms with Gasteiger partial charge in [-0.1, -0.05) is 60.7 Å². The third kappa shape index (κ3) is 4.50. The highest BCUT2D eigenvalue weighted by atomic mass is 32.2. The number of rotatable bonds is 7. The first-order chi connectivity index (χ1) is 17.8. The lowest BCUT2D eigenvalue weighted by Crippen LogP contribution is -2.46. The maximum atomic E-state index is 14.2. The molecule has 0 aliphatic carbocycles. The largest absolute Gasteiger partial charge is 0.497 e. The zero-order valence-electron chi connectivity index (χ0n) is 20.4. The van der Waals surface area contributed by atoms with Gasteiger partial charge in [-0.25, -0.2) is 13.3 Å². The van der Waals surface area contributed by atoms with E-state index in [1.165, 1.54) is 11.4 Å². The number of benzene rings is 4. The van der Waals surface area contributed by atoms with Crippen LogP contribution in [0.25, 0.3) is 10.8 Å². The molecule has 1 saturated heterocycles. The van der Waals surface area contributed by atoms with Crippen LogP contribution in [0.2, 0.25) is 0 Å². The summed E-state index contributed by atoms with van der Waals surface area (Å²) in [5, 5.41) is 1.67. The van der Waals surface area contributed by atoms with Gasteiger partial charge in [0, 0.05) is 6.04 Å². The van der Waals surface area contributed by atoms with Gasteiger partial charge in [-0.3, -0.25) is 9.59 Å². The number of hydrogen-bond acceptors (Lipinski definition) is 5. The summed E-state index contributed by atoms with van der Waals surface area (Å²) >= 11 is 0. The van der Waals surface area contributed by atoms with E-state index in [2.05, 4.69) is 0 Å². The average Bonchev–Trinajstić information content (AvgIpc) is 3.21. The minimum absolute atomic E-state index is 0.0668. The van der Waals surface area contributed by atoms with Crippen molar-refractivity contribution in [3.8, 4) is 5.75 Å². The molecule has 7 nitrogen and oxygen atoms in total. The molecular weight excluding hydrogens is 488 g/mol. The lowest BCUT2D eigenvalue weighted by atomic mass is 10.1. The molecule has 188 valence electrons. The number of sulfonamides is 1. The summed E-state index contributed by atoms with van der Waals surface area (Å²) in [4.78, 5) is 27.9. The number of ether oxygens (including phenoxy) is 1. The fourth-order valence-electron chi connectivity index (χ4n) is 4.79. The van der Waals surface area contributed by atoms with Crippen LogP contribution in [0.4, 0.5) is 5.69 Å². The molecule has 4 aromatic carbocycles. The summed E-state index contributed by atoms with van der Waals surface area (Å²) in [6.45, 7) is 1.74. The van der Waals surface area contributed by atoms with E-state index >= 15 is 0 Å². The minimum atomic E-state index is -4.18. The van der Waals surface area contributed by atoms with Gasteiger partial charge < -0.3 is 4.74 Å². The van der Waals surface area contributed by atoms with Gasteiger partial charge in [0.25, 0.3) is 5.91 Å². The lowest BCUT2D eigenvalue weighted by Gasteiger charge is -2.32. The standard InChI is InChI=1S/C29H26N2O5S/c1-20(21-8-4-3-5-9-21)31(37(34,35)26-17-12-22-10-6-7-11-23(22)18-26)27-19-28(32)30(29(27)33)24-13-15-25(36-2)16-14-24/h3-18,20,27H,19H2,1-2H3. The molecule has 0 aromatic heterocycles. The summed E-state index contributed by atoms with van der Waals surface area (Å²) < 4.78 is 34.7. The first-order valence-electron chi connectivity index (χ1n) is 11.9. The molecule has 2 atom stereocenters. The smallest absolute Gasteiger partial charge is 0.252 e. The summed E-state index contributed by atoms with van der Waals surface area (Å²) in [5.74, 6) is -0.459. The first kappa shape index (κ1) is 24.7. The van der Waals surface area contributed by atoms with Gasteiger partial charge in [0.05, 0.1) is 24.1 Å². The fourth-order valence-corrected chi connectivity index (χ4v) is 6.59. The van der Waals surface area contributed by atoms with Crippen molar-refractivity contribution in [2.24, 2.45) is 0 Å². The quantitative estimate of drug-likeness (QED) is 0.327. The number of nitrogens with zero attached hydrogens (tertiary/aromatic N) is 2. The summed E-state index contributed by atoms with van der Waals surface area (Å²) in [7, 11) is -2.66. The van der Waals surface area contributed by atoms with Crippen molar-refractivity contribution in [3.05, 3.63) is 103 Å². The van der Waals surface area contributed by atoms with Gasteiger partial charge in [0.2, 0.25) is 15.9 Å². The molecule has 2 unspecified atom stereocenters. The SMILES string of the molecule is COc1ccc(N2C(=O)CC(N(C(C)c3ccccc3)S(=O)(=O)c3ccc4ccccc4c3)C2=O)cc1. The lowest BCUT2D eigenvalue weighted by molar-refractivity contribution is -0.122. The van der Waals surface area contributed by atoms with E-state index in [4.69, 9.17) is 4.74 Å². The van der Waals surface area contributed by atoms with E-state index < -0.39 is 33.9 Å². The number of hydrogen-bond donors (Lipinski definition) is 0. The predicted molar refractivity (Wildman–Crippen MR) is 142 cm³/mol. The van der Waals surface area contributed by atoms with Crippen LogP contribution >= 0.6 is 0 Å². The van der Waals surface area contributed by atoms with Crippen molar-refractivity contribution < 1.29 is 22.7 Å². The van der Waals surface area contributed by atoms with Crippen molar-refractivity contribution in [1.82, 2.24) is 4.31 Å². The zero-order valence-corrected chi connectivity index (χ0v) is 21.3. The van der Waals surface area contributed by atoms with E-state index in [1.807, 2.05) is 54.6 Å². The Hall–Kier alpha value is -4.01. The Bertz CT molecular complexity index is 1570. The number of imide groups is 1. The number of fused-ring (bicyclic) bond motifs is 1. The highest BCUT2D eigenvalue weighted by Crippen LogP contribution is 2.36. The van der Waals surface area contributed by atoms with Gasteiger partial charge in [-0.05, 0) is 59.7 Å². The predicted octanol–water partition coefficient (Wildman–Crippen LogP) is 4.93. The molecule has 0 saturated carbocycles. The van der Waals surface area contributed by atoms with E-state index in [-0.39, 0.29) is 11.3 Å². The molecule has 1 aliphatic heterocycles. The molecule has 1 fully saturated rings. The second-order valence-electron chi connectivity index (χ2n) is 8.92. The second kappa shape index (κ2) is 9.80. The highest BCUT2D eigenvalue weighted by Gasteiger charge is 2.49. The molecule has 0 N–H and O–H groups in total. The Kier molecular flexibility index (Phi) is 6.54. The molecule has 37 heavy (non-hydrogen) atoms. The normalized spacial score (nSPS) is 16.9. The molecular formula is C29H26N2O5S. The van der Waals surface area contributed by atoms with Crippen LogP contribution in [-0.2, 0) is 19.6 Å². The van der Waals surface area contributed by atoms with Gasteiger partial charge in [-0.2, -0.15) is 4.31 Å². The number of amides is 2. The Balaban J connectivity index is 1.59. The molecule has 8 heteroatoms. The fraction of sp³-hybridized carbons (Fsp3) is 0.172. The van der Waals surface area contributed by atoms with Crippen LogP contribution in [0.5, 0.6) is 5.75 Å². The monoisotopic (exact) mass is 514 g/mol. The zero-order chi connectivity index (χ0) is 26.2. The molecule has 0 radical (unpaired) electrons. The van der Waals surface area contributed by atoms with Gasteiger partial charge in [0.15, 0.2) is 0 Å². The van der Waals surface area contributed by atoms with Gasteiger partial charge in [0.1, 0.15) is 11.8 Å². The topological polar surface area (TPSA) is 84.0 Å². The van der Waals surface area contributed by atoms with Crippen LogP contribution in [0, 0.1) is 0 Å². The Labute approximate surface area is 215 Å². The van der Waals surface area contributed by atoms with Crippen LogP contribution < -0.4 is 9.64 Å². The maximum Gasteiger partial charge on any atom is 0.252 e. The van der Waals surface area contributed by atoms with Crippen molar-refractivity contribution in [2.75, 3.05) is 12.0 Å². The van der Waals surface area contributed by atoms with E-state index in [9.17, 15) is 18.0 Å². The van der Waals surface area contributed by atoms with Gasteiger partial charge >= 0.3 is 0 Å². The molecule has 4 aromatic rings. The van der Waals surface area contributed by atoms with E-state index in [0.717, 1.165) is 21.2 Å². The number of methoxy groups -OCH3 is 1. The second-order valence-corrected chi connectivity index (χ2v) is 10.8. The Morgan fingerprint density at radius 2 is 1.51 bits per heavy atom. The third-order valence-corrected chi connectivity index (χ3v) is 8.70. The van der Waals surface area contributed by atoms with Crippen LogP contribution in [-0.4, -0.2) is 37.7 Å². The molecule has 2 amide bonds. The first-order valence-corrected chi connectivity index (χ1v) is 13.3. The van der Waals surface area contributed by atoms with Crippen molar-refractivity contribution >= 4 is 38.3 Å². The number of carbonyl (C=O) groups excluding carboxylic acids is 2. The molecule has 5 rings (SSSR count). The summed E-state index contributed by atoms with van der Waals surface area (Å²) in [6, 6.07) is 26.1. The number of anilines is 1. The molecule has 1 heterocycles. The molecule has 0 bridgehead atoms. The minimum Gasteiger partial charge on any atom is -0.497 e. The van der Waals surface area contributed by atoms with Gasteiger partial charge in [-0.15, -0.1) is 0 Å². The summed E-state index contributed by atoms with van der Waals surface area (Å²) in [5.41, 5.74) is 1.09. The van der Waals surface area contributed by atoms with Crippen molar-refractivity contribution in [1.29, 1.82) is 0 Å². The van der Waals surface area contributed by atoms with Crippen LogP contribution in [0.15, 0.2) is 102 Å². The Morgan fingerprint density at radius 1 is 0.865 bits per heavy atom. The maximum absolute atomic E-state index is 14.2. The average molecular weight is 515 g/mol. The van der Waals surface area contributed by atoms with E-state index in [0.29, 0.717) is 11.4 Å². The van der Waals surface area contributed by atoms with Crippen molar-refractivity contribution in [3.63, 3.8) is 0 Å². The summed E-state index contributed by atoms with van der Waals surface area (Å²) in [6.07, 6.45) is -0.255. The Morgan fingerprint density at radius 3 is 2.19 bits per heavy atom. The van der Waals surface area contributed by atoms with E-state index in [1.54, 1.807) is 49.4 Å². The highest BCUT2D eigenvalue weighted by molar-refractivity contribution is 7.89.